The maximum atomic E-state index is 11.2. The Morgan fingerprint density at radius 2 is 1.54 bits per heavy atom. The maximum Gasteiger partial charge on any atom is 0.270 e. The van der Waals surface area contributed by atoms with Gasteiger partial charge in [-0.1, -0.05) is 18.2 Å². The Kier molecular flexibility index (Phi) is 5.02. The van der Waals surface area contributed by atoms with Crippen molar-refractivity contribution in [3.05, 3.63) is 30.3 Å². The maximum absolute atomic E-state index is 11.2. The molecule has 0 aliphatic carbocycles. The first-order valence-electron chi connectivity index (χ1n) is 2.97. The van der Waals surface area contributed by atoms with Gasteiger partial charge in [0.2, 0.25) is 0 Å². The van der Waals surface area contributed by atoms with Crippen molar-refractivity contribution in [1.29, 1.82) is 0 Å². The molecule has 0 N–H and O–H groups in total. The summed E-state index contributed by atoms with van der Waals surface area (Å²) in [4.78, 5) is 0.0648. The van der Waals surface area contributed by atoms with E-state index in [-0.39, 0.29) is 20.6 Å². The molecule has 74 valence electrons. The molecule has 0 heterocycles. The average Bonchev–Trinajstić information content (AvgIpc) is 2.06. The summed E-state index contributed by atoms with van der Waals surface area (Å²) < 4.78 is 22.5. The van der Waals surface area contributed by atoms with E-state index in [9.17, 15) is 8.42 Å². The molecule has 0 saturated heterocycles. The summed E-state index contributed by atoms with van der Waals surface area (Å²) in [5.74, 6) is 0. The summed E-state index contributed by atoms with van der Waals surface area (Å²) in [6.45, 7) is 0. The molecule has 7 heteroatoms. The molecule has 13 heavy (non-hydrogen) atoms. The smallest absolute Gasteiger partial charge is 0.204 e. The molecule has 0 spiro atoms. The summed E-state index contributed by atoms with van der Waals surface area (Å²) in [6.07, 6.45) is 0. The molecule has 0 aromatic heterocycles. The summed E-state index contributed by atoms with van der Waals surface area (Å²) in [6, 6.07) is 7.69. The van der Waals surface area contributed by atoms with Crippen LogP contribution in [0.1, 0.15) is 0 Å². The Balaban J connectivity index is 0.00000144. The van der Waals surface area contributed by atoms with Crippen molar-refractivity contribution < 1.29 is 8.42 Å². The van der Waals surface area contributed by atoms with E-state index in [0.29, 0.717) is 0 Å². The van der Waals surface area contributed by atoms with Crippen molar-refractivity contribution in [3.63, 3.8) is 0 Å². The number of sulfonamides is 1. The third kappa shape index (κ3) is 3.00. The fourth-order valence-corrected chi connectivity index (χ4v) is 1.81. The fraction of sp³-hybridized carbons (Fsp3) is 0. The van der Waals surface area contributed by atoms with Crippen LogP contribution in [0.25, 0.3) is 0 Å². The second-order valence-corrected chi connectivity index (χ2v) is 5.03. The third-order valence-electron chi connectivity index (χ3n) is 1.22. The Bertz CT molecular complexity index is 351. The minimum absolute atomic E-state index is 0. The Morgan fingerprint density at radius 3 is 1.92 bits per heavy atom. The highest BCUT2D eigenvalue weighted by Gasteiger charge is 2.20. The highest BCUT2D eigenvalue weighted by molar-refractivity contribution is 7.91. The molecule has 0 bridgehead atoms. The van der Waals surface area contributed by atoms with Crippen molar-refractivity contribution in [2.75, 3.05) is 0 Å². The van der Waals surface area contributed by atoms with Crippen molar-refractivity contribution in [3.8, 4) is 0 Å². The summed E-state index contributed by atoms with van der Waals surface area (Å²) in [5, 5.41) is 0. The number of hydrogen-bond acceptors (Lipinski definition) is 2. The van der Waals surface area contributed by atoms with Gasteiger partial charge in [0.25, 0.3) is 10.0 Å². The monoisotopic (exact) mass is 261 g/mol. The van der Waals surface area contributed by atoms with Crippen LogP contribution in [0.5, 0.6) is 0 Å². The zero-order chi connectivity index (χ0) is 9.19. The lowest BCUT2D eigenvalue weighted by Crippen LogP contribution is -2.11. The highest BCUT2D eigenvalue weighted by atomic mass is 35.5. The largest absolute Gasteiger partial charge is 0.270 e. The van der Waals surface area contributed by atoms with Gasteiger partial charge < -0.3 is 0 Å². The van der Waals surface area contributed by atoms with E-state index in [1.165, 1.54) is 12.1 Å². The van der Waals surface area contributed by atoms with Gasteiger partial charge in [-0.3, -0.25) is 0 Å². The number of halogens is 3. The Labute approximate surface area is 92.9 Å². The molecular weight excluding hydrogens is 256 g/mol. The molecule has 0 unspecified atom stereocenters. The molecule has 0 fully saturated rings. The quantitative estimate of drug-likeness (QED) is 0.768. The van der Waals surface area contributed by atoms with Crippen molar-refractivity contribution in [1.82, 2.24) is 3.34 Å². The summed E-state index contributed by atoms with van der Waals surface area (Å²) in [5.41, 5.74) is 0. The first kappa shape index (κ1) is 13.0. The molecule has 0 radical (unpaired) electrons. The minimum Gasteiger partial charge on any atom is -0.204 e. The van der Waals surface area contributed by atoms with Crippen LogP contribution in [-0.4, -0.2) is 11.8 Å². The second kappa shape index (κ2) is 5.02. The third-order valence-corrected chi connectivity index (χ3v) is 3.54. The zero-order valence-corrected chi connectivity index (χ0v) is 9.37. The number of rotatable bonds is 2. The normalized spacial score (nSPS) is 11.0. The van der Waals surface area contributed by atoms with Crippen molar-refractivity contribution in [2.45, 2.75) is 4.90 Å². The van der Waals surface area contributed by atoms with E-state index in [2.05, 4.69) is 0 Å². The van der Waals surface area contributed by atoms with Crippen LogP contribution in [0.3, 0.4) is 0 Å². The lowest BCUT2D eigenvalue weighted by atomic mass is 10.4. The van der Waals surface area contributed by atoms with Gasteiger partial charge in [0.15, 0.2) is 0 Å². The Hall–Kier alpha value is -0.000000000000000111. The van der Waals surface area contributed by atoms with E-state index >= 15 is 0 Å². The molecule has 0 aliphatic rings. The molecule has 1 aromatic carbocycles. The average molecular weight is 263 g/mol. The topological polar surface area (TPSA) is 37.4 Å². The van der Waals surface area contributed by atoms with E-state index in [0.717, 1.165) is 0 Å². The number of hydrogen-bond donors (Lipinski definition) is 0. The summed E-state index contributed by atoms with van der Waals surface area (Å²) >= 11 is 10.2. The van der Waals surface area contributed by atoms with E-state index in [1.807, 2.05) is 0 Å². The first-order valence-corrected chi connectivity index (χ1v) is 5.08. The van der Waals surface area contributed by atoms with Gasteiger partial charge in [-0.05, 0) is 15.5 Å². The van der Waals surface area contributed by atoms with Gasteiger partial charge in [-0.15, -0.1) is 12.4 Å². The molecule has 0 saturated carbocycles. The van der Waals surface area contributed by atoms with Gasteiger partial charge in [0.1, 0.15) is 0 Å². The van der Waals surface area contributed by atoms with E-state index in [1.54, 1.807) is 18.2 Å². The predicted molar refractivity (Wildman–Crippen MR) is 54.4 cm³/mol. The molecule has 3 nitrogen and oxygen atoms in total. The van der Waals surface area contributed by atoms with Gasteiger partial charge in [0, 0.05) is 23.6 Å². The standard InChI is InChI=1S/C6H5Cl2NO2S.ClH/c7-9(8)12(10,11)6-4-2-1-3-5-6;/h1-5H;1H. The van der Waals surface area contributed by atoms with Crippen molar-refractivity contribution in [2.24, 2.45) is 0 Å². The second-order valence-electron chi connectivity index (χ2n) is 1.99. The van der Waals surface area contributed by atoms with Crippen LogP contribution < -0.4 is 0 Å². The van der Waals surface area contributed by atoms with Gasteiger partial charge in [-0.2, -0.15) is 0 Å². The SMILES string of the molecule is Cl.O=S(=O)(c1ccccc1)N(Cl)Cl. The summed E-state index contributed by atoms with van der Waals surface area (Å²) in [7, 11) is -3.71. The van der Waals surface area contributed by atoms with Crippen LogP contribution in [0.15, 0.2) is 35.2 Å². The predicted octanol–water partition coefficient (Wildman–Crippen LogP) is 2.41. The van der Waals surface area contributed by atoms with Crippen LogP contribution in [0.2, 0.25) is 0 Å². The van der Waals surface area contributed by atoms with E-state index < -0.39 is 10.0 Å². The van der Waals surface area contributed by atoms with Crippen LogP contribution in [-0.2, 0) is 10.0 Å². The lowest BCUT2D eigenvalue weighted by Gasteiger charge is -2.04. The number of nitrogens with zero attached hydrogens (tertiary/aromatic N) is 1. The zero-order valence-electron chi connectivity index (χ0n) is 6.22. The van der Waals surface area contributed by atoms with Crippen LogP contribution in [0, 0.1) is 0 Å². The molecule has 0 atom stereocenters. The molecule has 0 amide bonds. The molecular formula is C6H6Cl3NO2S. The fourth-order valence-electron chi connectivity index (χ4n) is 0.672. The lowest BCUT2D eigenvalue weighted by molar-refractivity contribution is 0.579. The molecule has 1 rings (SSSR count). The number of benzene rings is 1. The molecule has 1 aromatic rings. The Morgan fingerprint density at radius 1 is 1.08 bits per heavy atom. The van der Waals surface area contributed by atoms with Crippen molar-refractivity contribution >= 4 is 46.0 Å². The van der Waals surface area contributed by atoms with E-state index in [4.69, 9.17) is 23.6 Å². The molecule has 0 aliphatic heterocycles. The van der Waals surface area contributed by atoms with Gasteiger partial charge in [0.05, 0.1) is 4.90 Å². The minimum atomic E-state index is -3.71. The van der Waals surface area contributed by atoms with Crippen LogP contribution >= 0.6 is 36.0 Å². The van der Waals surface area contributed by atoms with Gasteiger partial charge >= 0.3 is 0 Å². The van der Waals surface area contributed by atoms with Gasteiger partial charge in [-0.25, -0.2) is 8.42 Å². The van der Waals surface area contributed by atoms with Crippen LogP contribution in [0.4, 0.5) is 0 Å². The first-order chi connectivity index (χ1) is 5.55. The highest BCUT2D eigenvalue weighted by Crippen LogP contribution is 2.18.